The summed E-state index contributed by atoms with van der Waals surface area (Å²) >= 11 is 2.97. The Hall–Kier alpha value is -3.08. The number of hydrogen-bond acceptors (Lipinski definition) is 5. The quantitative estimate of drug-likeness (QED) is 0.478. The molecule has 2 aromatic heterocycles. The number of aliphatic imine (C=N–C) groups is 1. The Morgan fingerprint density at radius 2 is 1.91 bits per heavy atom. The monoisotopic (exact) mass is 460 g/mol. The van der Waals surface area contributed by atoms with Gasteiger partial charge in [0.15, 0.2) is 5.17 Å². The van der Waals surface area contributed by atoms with Crippen molar-refractivity contribution in [2.75, 3.05) is 0 Å². The summed E-state index contributed by atoms with van der Waals surface area (Å²) in [5.74, 6) is -0.149. The maximum Gasteiger partial charge on any atom is 0.264 e. The Morgan fingerprint density at radius 1 is 1.19 bits per heavy atom. The number of nitrogens with one attached hydrogen (secondary N) is 1. The molecule has 1 aliphatic rings. The van der Waals surface area contributed by atoms with E-state index < -0.39 is 0 Å². The largest absolute Gasteiger partial charge is 0.308 e. The molecule has 3 heterocycles. The van der Waals surface area contributed by atoms with Crippen LogP contribution < -0.4 is 5.32 Å². The summed E-state index contributed by atoms with van der Waals surface area (Å²) in [5, 5.41) is 14.0. The average Bonchev–Trinajstić information content (AvgIpc) is 3.35. The van der Waals surface area contributed by atoms with Crippen molar-refractivity contribution in [1.29, 1.82) is 5.26 Å². The van der Waals surface area contributed by atoms with Crippen LogP contribution in [0.3, 0.4) is 0 Å². The van der Waals surface area contributed by atoms with Crippen LogP contribution in [0.4, 0.5) is 5.69 Å². The highest BCUT2D eigenvalue weighted by molar-refractivity contribution is 8.18. The Kier molecular flexibility index (Phi) is 6.09. The summed E-state index contributed by atoms with van der Waals surface area (Å²) < 4.78 is 2.11. The number of amidine groups is 1. The molecule has 1 saturated heterocycles. The Labute approximate surface area is 196 Å². The van der Waals surface area contributed by atoms with E-state index in [9.17, 15) is 10.1 Å². The Balaban J connectivity index is 1.66. The van der Waals surface area contributed by atoms with Crippen LogP contribution in [0.5, 0.6) is 0 Å². The molecule has 0 saturated carbocycles. The molecular weight excluding hydrogens is 436 g/mol. The molecule has 32 heavy (non-hydrogen) atoms. The summed E-state index contributed by atoms with van der Waals surface area (Å²) in [5.41, 5.74) is 6.80. The molecule has 0 atom stereocenters. The lowest BCUT2D eigenvalue weighted by Gasteiger charge is -2.07. The summed E-state index contributed by atoms with van der Waals surface area (Å²) in [7, 11) is 0. The maximum atomic E-state index is 12.6. The van der Waals surface area contributed by atoms with Crippen LogP contribution >= 0.6 is 23.1 Å². The van der Waals surface area contributed by atoms with E-state index in [1.54, 1.807) is 11.3 Å². The Bertz CT molecular complexity index is 1320. The van der Waals surface area contributed by atoms with Crippen LogP contribution in [0.2, 0.25) is 0 Å². The van der Waals surface area contributed by atoms with Crippen molar-refractivity contribution in [3.05, 3.63) is 73.8 Å². The molecule has 3 aromatic rings. The third-order valence-electron chi connectivity index (χ3n) is 5.66. The van der Waals surface area contributed by atoms with Gasteiger partial charge in [0.25, 0.3) is 5.91 Å². The zero-order chi connectivity index (χ0) is 23.0. The molecular formula is C25H24N4OS2. The van der Waals surface area contributed by atoms with Crippen molar-refractivity contribution in [2.45, 2.75) is 41.0 Å². The van der Waals surface area contributed by atoms with Crippen LogP contribution in [-0.2, 0) is 11.2 Å². The first kappa shape index (κ1) is 22.1. The number of amides is 1. The minimum atomic E-state index is -0.149. The van der Waals surface area contributed by atoms with Crippen molar-refractivity contribution in [3.8, 4) is 11.1 Å². The minimum absolute atomic E-state index is 0.149. The van der Waals surface area contributed by atoms with Crippen molar-refractivity contribution in [1.82, 2.24) is 9.88 Å². The average molecular weight is 461 g/mol. The van der Waals surface area contributed by atoms with E-state index in [1.165, 1.54) is 17.3 Å². The fourth-order valence-corrected chi connectivity index (χ4v) is 5.74. The maximum absolute atomic E-state index is 12.6. The van der Waals surface area contributed by atoms with Crippen molar-refractivity contribution < 1.29 is 4.79 Å². The van der Waals surface area contributed by atoms with Crippen molar-refractivity contribution in [2.24, 2.45) is 4.99 Å². The van der Waals surface area contributed by atoms with Gasteiger partial charge < -0.3 is 9.88 Å². The summed E-state index contributed by atoms with van der Waals surface area (Å²) in [6.07, 6.45) is 2.88. The van der Waals surface area contributed by atoms with Gasteiger partial charge in [0.1, 0.15) is 11.1 Å². The van der Waals surface area contributed by atoms with Crippen molar-refractivity contribution >= 4 is 45.9 Å². The molecule has 162 valence electrons. The van der Waals surface area contributed by atoms with Crippen LogP contribution in [0.25, 0.3) is 11.1 Å². The van der Waals surface area contributed by atoms with E-state index in [2.05, 4.69) is 46.1 Å². The molecule has 1 N–H and O–H groups in total. The normalized spacial score (nSPS) is 16.1. The number of aryl methyl sites for hydroxylation is 3. The van der Waals surface area contributed by atoms with E-state index >= 15 is 0 Å². The van der Waals surface area contributed by atoms with Gasteiger partial charge in [-0.25, -0.2) is 4.99 Å². The van der Waals surface area contributed by atoms with Gasteiger partial charge in [0.05, 0.1) is 16.2 Å². The highest BCUT2D eigenvalue weighted by Gasteiger charge is 2.25. The summed E-state index contributed by atoms with van der Waals surface area (Å²) in [4.78, 5) is 18.9. The number of hydrogen-bond donors (Lipinski definition) is 1. The fourth-order valence-electron chi connectivity index (χ4n) is 3.69. The number of carbonyl (C=O) groups is 1. The topological polar surface area (TPSA) is 70.2 Å². The first-order valence-corrected chi connectivity index (χ1v) is 12.0. The lowest BCUT2D eigenvalue weighted by Crippen LogP contribution is -2.19. The van der Waals surface area contributed by atoms with E-state index in [1.807, 2.05) is 45.9 Å². The lowest BCUT2D eigenvalue weighted by atomic mass is 10.2. The lowest BCUT2D eigenvalue weighted by molar-refractivity contribution is -0.115. The second-order valence-electron chi connectivity index (χ2n) is 7.74. The summed E-state index contributed by atoms with van der Waals surface area (Å²) in [6.45, 7) is 10.2. The molecule has 0 radical (unpaired) electrons. The molecule has 1 aromatic carbocycles. The third kappa shape index (κ3) is 4.04. The van der Waals surface area contributed by atoms with E-state index in [0.717, 1.165) is 44.5 Å². The smallest absolute Gasteiger partial charge is 0.264 e. The first-order chi connectivity index (χ1) is 15.3. The highest BCUT2D eigenvalue weighted by atomic mass is 32.2. The van der Waals surface area contributed by atoms with Crippen LogP contribution in [-0.4, -0.2) is 15.6 Å². The fraction of sp³-hybridized carbons (Fsp3) is 0.240. The molecule has 5 nitrogen and oxygen atoms in total. The van der Waals surface area contributed by atoms with Crippen LogP contribution in [0.1, 0.15) is 45.4 Å². The predicted molar refractivity (Wildman–Crippen MR) is 134 cm³/mol. The first-order valence-electron chi connectivity index (χ1n) is 10.4. The third-order valence-corrected chi connectivity index (χ3v) is 7.77. The standard InChI is InChI=1S/C25H24N4OS2/c1-6-18-7-9-20(10-8-18)27-25-28-23(30)22(32-25)12-19-11-14(2)29(16(19)4)24-21(13-26)15(3)17(5)31-24/h7-12H,6H2,1-5H3,(H,27,28,30)/b22-12-. The number of aromatic nitrogens is 1. The molecule has 0 bridgehead atoms. The molecule has 0 unspecified atom stereocenters. The van der Waals surface area contributed by atoms with E-state index in [0.29, 0.717) is 15.6 Å². The van der Waals surface area contributed by atoms with Gasteiger partial charge in [-0.2, -0.15) is 5.26 Å². The van der Waals surface area contributed by atoms with Gasteiger partial charge >= 0.3 is 0 Å². The second kappa shape index (κ2) is 8.81. The molecule has 4 rings (SSSR count). The minimum Gasteiger partial charge on any atom is -0.308 e. The zero-order valence-corrected chi connectivity index (χ0v) is 20.4. The molecule has 1 aliphatic heterocycles. The van der Waals surface area contributed by atoms with Gasteiger partial charge in [0.2, 0.25) is 0 Å². The van der Waals surface area contributed by atoms with E-state index in [4.69, 9.17) is 0 Å². The predicted octanol–water partition coefficient (Wildman–Crippen LogP) is 6.10. The number of thiophene rings is 1. The molecule has 0 spiro atoms. The van der Waals surface area contributed by atoms with E-state index in [-0.39, 0.29) is 5.91 Å². The molecule has 7 heteroatoms. The van der Waals surface area contributed by atoms with Gasteiger partial charge in [-0.1, -0.05) is 19.1 Å². The molecule has 1 fully saturated rings. The number of nitriles is 1. The number of carbonyl (C=O) groups excluding carboxylic acids is 1. The van der Waals surface area contributed by atoms with Crippen LogP contribution in [0.15, 0.2) is 40.2 Å². The Morgan fingerprint density at radius 3 is 2.56 bits per heavy atom. The SMILES string of the molecule is CCc1ccc(N=C2NC(=O)/C(=C/c3cc(C)n(-c4sc(C)c(C)c4C#N)c3C)S2)cc1. The number of benzene rings is 1. The van der Waals surface area contributed by atoms with Gasteiger partial charge in [-0.05, 0) is 86.8 Å². The van der Waals surface area contributed by atoms with Crippen LogP contribution in [0, 0.1) is 39.0 Å². The van der Waals surface area contributed by atoms with Crippen molar-refractivity contribution in [3.63, 3.8) is 0 Å². The highest BCUT2D eigenvalue weighted by Crippen LogP contribution is 2.35. The molecule has 0 aliphatic carbocycles. The number of nitrogens with zero attached hydrogens (tertiary/aromatic N) is 3. The van der Waals surface area contributed by atoms with Gasteiger partial charge in [-0.3, -0.25) is 4.79 Å². The second-order valence-corrected chi connectivity index (χ2v) is 9.97. The zero-order valence-electron chi connectivity index (χ0n) is 18.7. The number of thioether (sulfide) groups is 1. The molecule has 1 amide bonds. The van der Waals surface area contributed by atoms with Gasteiger partial charge in [0, 0.05) is 16.3 Å². The summed E-state index contributed by atoms with van der Waals surface area (Å²) in [6, 6.07) is 12.4. The number of rotatable bonds is 4. The van der Waals surface area contributed by atoms with Gasteiger partial charge in [-0.15, -0.1) is 11.3 Å².